The van der Waals surface area contributed by atoms with Crippen molar-refractivity contribution in [2.24, 2.45) is 0 Å². The number of carboxylic acid groups (broad SMARTS) is 1. The van der Waals surface area contributed by atoms with Crippen LogP contribution < -0.4 is 4.74 Å². The highest BCUT2D eigenvalue weighted by molar-refractivity contribution is 5.93. The normalized spacial score (nSPS) is 24.2. The van der Waals surface area contributed by atoms with Crippen molar-refractivity contribution in [3.05, 3.63) is 58.9 Å². The molecule has 0 bridgehead atoms. The molecule has 1 N–H and O–H groups in total. The number of ether oxygens (including phenoxy) is 1. The van der Waals surface area contributed by atoms with E-state index in [1.54, 1.807) is 18.4 Å². The van der Waals surface area contributed by atoms with Crippen LogP contribution in [0.1, 0.15) is 48.0 Å². The molecule has 3 nitrogen and oxygen atoms in total. The van der Waals surface area contributed by atoms with Crippen LogP contribution in [0.5, 0.6) is 5.75 Å². The number of fused-ring (bicyclic) bond motifs is 2. The molecule has 0 aromatic heterocycles. The fraction of sp³-hybridized carbons (Fsp3) is 0.278. The van der Waals surface area contributed by atoms with E-state index in [1.165, 1.54) is 24.0 Å². The lowest BCUT2D eigenvalue weighted by atomic mass is 9.89. The van der Waals surface area contributed by atoms with Crippen LogP contribution in [0.3, 0.4) is 0 Å². The largest absolute Gasteiger partial charge is 0.478 e. The van der Waals surface area contributed by atoms with Crippen LogP contribution in [-0.4, -0.2) is 11.1 Å². The summed E-state index contributed by atoms with van der Waals surface area (Å²) in [6.45, 7) is 0. The van der Waals surface area contributed by atoms with E-state index in [-0.39, 0.29) is 5.56 Å². The second kappa shape index (κ2) is 6.00. The summed E-state index contributed by atoms with van der Waals surface area (Å²) in [7, 11) is 0. The summed E-state index contributed by atoms with van der Waals surface area (Å²) < 4.78 is 5.81. The SMILES string of the molecule is O=C(O)c1cccc2c1/C=C\C/C=C1/CCCC/C1=C/O2. The van der Waals surface area contributed by atoms with Crippen LogP contribution >= 0.6 is 0 Å². The lowest BCUT2D eigenvalue weighted by molar-refractivity contribution is 0.0696. The highest BCUT2D eigenvalue weighted by Gasteiger charge is 2.15. The minimum absolute atomic E-state index is 0.274. The fourth-order valence-corrected chi connectivity index (χ4v) is 2.86. The summed E-state index contributed by atoms with van der Waals surface area (Å²) in [5.41, 5.74) is 3.51. The smallest absolute Gasteiger partial charge is 0.336 e. The standard InChI is InChI=1S/C18H18O3/c19-18(20)16-10-5-11-17-15(16)9-4-3-7-13-6-1-2-8-14(13)12-21-17/h4-5,7,9-12H,1-3,6,8H2,(H,19,20)/b9-4-,13-7-,14-12-. The highest BCUT2D eigenvalue weighted by Crippen LogP contribution is 2.32. The monoisotopic (exact) mass is 282 g/mol. The highest BCUT2D eigenvalue weighted by atomic mass is 16.5. The molecule has 0 saturated heterocycles. The van der Waals surface area contributed by atoms with Gasteiger partial charge in [0.05, 0.1) is 11.8 Å². The zero-order valence-corrected chi connectivity index (χ0v) is 11.8. The average molecular weight is 282 g/mol. The molecular formula is C18H18O3. The Morgan fingerprint density at radius 2 is 1.95 bits per heavy atom. The van der Waals surface area contributed by atoms with Crippen molar-refractivity contribution in [2.75, 3.05) is 0 Å². The van der Waals surface area contributed by atoms with Gasteiger partial charge in [0.2, 0.25) is 0 Å². The zero-order chi connectivity index (χ0) is 14.7. The summed E-state index contributed by atoms with van der Waals surface area (Å²) in [5.74, 6) is -0.329. The first-order valence-electron chi connectivity index (χ1n) is 7.33. The maximum Gasteiger partial charge on any atom is 0.336 e. The van der Waals surface area contributed by atoms with Gasteiger partial charge in [-0.15, -0.1) is 0 Å². The van der Waals surface area contributed by atoms with Crippen LogP contribution in [0, 0.1) is 0 Å². The first-order chi connectivity index (χ1) is 10.3. The van der Waals surface area contributed by atoms with Gasteiger partial charge in [-0.25, -0.2) is 4.79 Å². The first-order valence-corrected chi connectivity index (χ1v) is 7.33. The molecule has 1 aliphatic carbocycles. The van der Waals surface area contributed by atoms with Gasteiger partial charge in [0.25, 0.3) is 0 Å². The summed E-state index contributed by atoms with van der Waals surface area (Å²) in [5, 5.41) is 9.30. The lowest BCUT2D eigenvalue weighted by Gasteiger charge is -2.19. The van der Waals surface area contributed by atoms with E-state index in [2.05, 4.69) is 6.08 Å². The van der Waals surface area contributed by atoms with Gasteiger partial charge < -0.3 is 9.84 Å². The molecule has 3 rings (SSSR count). The number of carbonyl (C=O) groups is 1. The number of carboxylic acids is 1. The quantitative estimate of drug-likeness (QED) is 0.821. The third-order valence-corrected chi connectivity index (χ3v) is 3.96. The van der Waals surface area contributed by atoms with Crippen molar-refractivity contribution in [2.45, 2.75) is 32.1 Å². The Hall–Kier alpha value is -2.29. The predicted octanol–water partition coefficient (Wildman–Crippen LogP) is 4.56. The van der Waals surface area contributed by atoms with Gasteiger partial charge in [-0.3, -0.25) is 0 Å². The maximum absolute atomic E-state index is 11.3. The molecule has 1 aliphatic heterocycles. The van der Waals surface area contributed by atoms with Gasteiger partial charge in [-0.1, -0.05) is 24.3 Å². The van der Waals surface area contributed by atoms with Crippen LogP contribution in [0.2, 0.25) is 0 Å². The molecule has 0 spiro atoms. The molecule has 108 valence electrons. The Labute approximate surface area is 124 Å². The van der Waals surface area contributed by atoms with Crippen molar-refractivity contribution in [3.8, 4) is 5.75 Å². The van der Waals surface area contributed by atoms with Crippen LogP contribution in [0.25, 0.3) is 6.08 Å². The van der Waals surface area contributed by atoms with Gasteiger partial charge >= 0.3 is 5.97 Å². The molecule has 2 aliphatic rings. The Morgan fingerprint density at radius 3 is 2.76 bits per heavy atom. The van der Waals surface area contributed by atoms with Crippen LogP contribution in [0.4, 0.5) is 0 Å². The predicted molar refractivity (Wildman–Crippen MR) is 82.3 cm³/mol. The molecule has 1 saturated carbocycles. The topological polar surface area (TPSA) is 46.5 Å². The van der Waals surface area contributed by atoms with Gasteiger partial charge in [0.1, 0.15) is 5.75 Å². The zero-order valence-electron chi connectivity index (χ0n) is 11.8. The van der Waals surface area contributed by atoms with Crippen LogP contribution in [0.15, 0.2) is 47.8 Å². The van der Waals surface area contributed by atoms with E-state index >= 15 is 0 Å². The van der Waals surface area contributed by atoms with E-state index in [1.807, 2.05) is 18.2 Å². The maximum atomic E-state index is 11.3. The first kappa shape index (κ1) is 13.7. The Bertz CT molecular complexity index is 650. The molecule has 0 amide bonds. The lowest BCUT2D eigenvalue weighted by Crippen LogP contribution is -2.04. The molecule has 0 atom stereocenters. The summed E-state index contributed by atoms with van der Waals surface area (Å²) >= 11 is 0. The molecule has 0 unspecified atom stereocenters. The molecule has 1 aromatic rings. The van der Waals surface area contributed by atoms with Crippen molar-refractivity contribution in [3.63, 3.8) is 0 Å². The van der Waals surface area contributed by atoms with Crippen molar-refractivity contribution < 1.29 is 14.6 Å². The third kappa shape index (κ3) is 2.92. The second-order valence-corrected chi connectivity index (χ2v) is 5.36. The molecule has 1 heterocycles. The minimum atomic E-state index is -0.932. The van der Waals surface area contributed by atoms with Gasteiger partial charge in [-0.05, 0) is 55.4 Å². The number of aromatic carboxylic acids is 1. The summed E-state index contributed by atoms with van der Waals surface area (Å²) in [4.78, 5) is 11.3. The molecular weight excluding hydrogens is 264 g/mol. The van der Waals surface area contributed by atoms with Crippen molar-refractivity contribution in [1.82, 2.24) is 0 Å². The average Bonchev–Trinajstić information content (AvgIpc) is 2.51. The van der Waals surface area contributed by atoms with Gasteiger partial charge in [-0.2, -0.15) is 0 Å². The Balaban J connectivity index is 2.03. The molecule has 1 aromatic carbocycles. The number of hydrogen-bond donors (Lipinski definition) is 1. The number of rotatable bonds is 1. The Morgan fingerprint density at radius 1 is 1.14 bits per heavy atom. The van der Waals surface area contributed by atoms with Crippen molar-refractivity contribution in [1.29, 1.82) is 0 Å². The van der Waals surface area contributed by atoms with Gasteiger partial charge in [0.15, 0.2) is 0 Å². The fourth-order valence-electron chi connectivity index (χ4n) is 2.86. The van der Waals surface area contributed by atoms with E-state index in [4.69, 9.17) is 4.74 Å². The van der Waals surface area contributed by atoms with Gasteiger partial charge in [0, 0.05) is 5.56 Å². The number of allylic oxidation sites excluding steroid dienone is 4. The molecule has 1 fully saturated rings. The number of hydrogen-bond acceptors (Lipinski definition) is 2. The molecule has 21 heavy (non-hydrogen) atoms. The van der Waals surface area contributed by atoms with E-state index in [0.29, 0.717) is 11.3 Å². The minimum Gasteiger partial charge on any atom is -0.478 e. The second-order valence-electron chi connectivity index (χ2n) is 5.36. The van der Waals surface area contributed by atoms with E-state index in [0.717, 1.165) is 19.3 Å². The van der Waals surface area contributed by atoms with Crippen LogP contribution in [-0.2, 0) is 0 Å². The van der Waals surface area contributed by atoms with Crippen molar-refractivity contribution >= 4 is 12.0 Å². The summed E-state index contributed by atoms with van der Waals surface area (Å²) in [6, 6.07) is 5.14. The third-order valence-electron chi connectivity index (χ3n) is 3.96. The molecule has 0 radical (unpaired) electrons. The van der Waals surface area contributed by atoms with E-state index < -0.39 is 5.97 Å². The molecule has 3 heteroatoms. The Kier molecular flexibility index (Phi) is 3.91. The summed E-state index contributed by atoms with van der Waals surface area (Å²) in [6.07, 6.45) is 13.2. The van der Waals surface area contributed by atoms with E-state index in [9.17, 15) is 9.90 Å². The number of benzene rings is 1.